The fourth-order valence-corrected chi connectivity index (χ4v) is 2.72. The summed E-state index contributed by atoms with van der Waals surface area (Å²) >= 11 is 0. The van der Waals surface area contributed by atoms with Crippen molar-refractivity contribution in [2.45, 2.75) is 24.9 Å². The topological polar surface area (TPSA) is 70.6 Å². The number of benzene rings is 1. The summed E-state index contributed by atoms with van der Waals surface area (Å²) in [4.78, 5) is 12.2. The second kappa shape index (κ2) is 5.42. The Kier molecular flexibility index (Phi) is 3.63. The van der Waals surface area contributed by atoms with E-state index >= 15 is 0 Å². The standard InChI is InChI=1S/C15H20N2O3/c18-14(17-10-15(19)4-7-20-8-5-15)12-1-2-13-11(9-12)3-6-16-13/h1-2,9,16,19H,3-8,10H2,(H,17,18). The Bertz CT molecular complexity index is 510. The molecule has 20 heavy (non-hydrogen) atoms. The Hall–Kier alpha value is -1.59. The van der Waals surface area contributed by atoms with Crippen LogP contribution in [0.4, 0.5) is 5.69 Å². The summed E-state index contributed by atoms with van der Waals surface area (Å²) in [6.07, 6.45) is 2.10. The van der Waals surface area contributed by atoms with Crippen LogP contribution in [0, 0.1) is 0 Å². The summed E-state index contributed by atoms with van der Waals surface area (Å²) in [5, 5.41) is 16.4. The molecule has 0 radical (unpaired) electrons. The molecule has 0 bridgehead atoms. The van der Waals surface area contributed by atoms with E-state index in [-0.39, 0.29) is 12.5 Å². The van der Waals surface area contributed by atoms with E-state index in [0.29, 0.717) is 31.6 Å². The number of anilines is 1. The summed E-state index contributed by atoms with van der Waals surface area (Å²) in [6, 6.07) is 5.69. The number of hydrogen-bond acceptors (Lipinski definition) is 4. The zero-order valence-corrected chi connectivity index (χ0v) is 11.4. The quantitative estimate of drug-likeness (QED) is 0.768. The molecule has 3 rings (SSSR count). The lowest BCUT2D eigenvalue weighted by atomic mass is 9.94. The molecular weight excluding hydrogens is 256 g/mol. The second-order valence-electron chi connectivity index (χ2n) is 5.57. The molecule has 108 valence electrons. The van der Waals surface area contributed by atoms with Crippen LogP contribution >= 0.6 is 0 Å². The van der Waals surface area contributed by atoms with Crippen LogP contribution in [0.25, 0.3) is 0 Å². The molecule has 2 aliphatic heterocycles. The van der Waals surface area contributed by atoms with Crippen molar-refractivity contribution < 1.29 is 14.6 Å². The smallest absolute Gasteiger partial charge is 0.251 e. The molecule has 0 atom stereocenters. The van der Waals surface area contributed by atoms with Gasteiger partial charge in [-0.05, 0) is 30.2 Å². The van der Waals surface area contributed by atoms with E-state index in [0.717, 1.165) is 18.7 Å². The van der Waals surface area contributed by atoms with E-state index in [2.05, 4.69) is 10.6 Å². The van der Waals surface area contributed by atoms with Crippen LogP contribution in [-0.2, 0) is 11.2 Å². The number of hydrogen-bond donors (Lipinski definition) is 3. The molecule has 1 saturated heterocycles. The van der Waals surface area contributed by atoms with E-state index < -0.39 is 5.60 Å². The van der Waals surface area contributed by atoms with Gasteiger partial charge in [-0.3, -0.25) is 4.79 Å². The maximum atomic E-state index is 12.2. The highest BCUT2D eigenvalue weighted by atomic mass is 16.5. The largest absolute Gasteiger partial charge is 0.388 e. The molecule has 2 heterocycles. The van der Waals surface area contributed by atoms with Crippen molar-refractivity contribution >= 4 is 11.6 Å². The van der Waals surface area contributed by atoms with Crippen LogP contribution in [0.5, 0.6) is 0 Å². The second-order valence-corrected chi connectivity index (χ2v) is 5.57. The Balaban J connectivity index is 1.61. The number of nitrogens with one attached hydrogen (secondary N) is 2. The van der Waals surface area contributed by atoms with Gasteiger partial charge in [0.25, 0.3) is 5.91 Å². The summed E-state index contributed by atoms with van der Waals surface area (Å²) in [5.41, 5.74) is 2.13. The lowest BCUT2D eigenvalue weighted by molar-refractivity contribution is -0.0605. The first-order valence-electron chi connectivity index (χ1n) is 7.11. The molecule has 0 unspecified atom stereocenters. The lowest BCUT2D eigenvalue weighted by Crippen LogP contribution is -2.46. The third kappa shape index (κ3) is 2.78. The number of aliphatic hydroxyl groups is 1. The number of ether oxygens (including phenoxy) is 1. The number of fused-ring (bicyclic) bond motifs is 1. The van der Waals surface area contributed by atoms with Crippen LogP contribution in [0.2, 0.25) is 0 Å². The van der Waals surface area contributed by atoms with Gasteiger partial charge in [-0.2, -0.15) is 0 Å². The molecular formula is C15H20N2O3. The number of carbonyl (C=O) groups excluding carboxylic acids is 1. The first-order valence-corrected chi connectivity index (χ1v) is 7.11. The predicted molar refractivity (Wildman–Crippen MR) is 76.0 cm³/mol. The summed E-state index contributed by atoms with van der Waals surface area (Å²) < 4.78 is 5.23. The van der Waals surface area contributed by atoms with Crippen LogP contribution in [0.1, 0.15) is 28.8 Å². The minimum atomic E-state index is -0.827. The van der Waals surface area contributed by atoms with E-state index in [1.54, 1.807) is 0 Å². The van der Waals surface area contributed by atoms with Gasteiger partial charge in [0.05, 0.1) is 5.60 Å². The number of rotatable bonds is 3. The summed E-state index contributed by atoms with van der Waals surface area (Å²) in [7, 11) is 0. The van der Waals surface area contributed by atoms with E-state index in [1.807, 2.05) is 18.2 Å². The third-order valence-electron chi connectivity index (χ3n) is 4.08. The van der Waals surface area contributed by atoms with Crippen molar-refractivity contribution in [1.29, 1.82) is 0 Å². The molecule has 0 aliphatic carbocycles. The summed E-state index contributed by atoms with van der Waals surface area (Å²) in [6.45, 7) is 2.32. The Labute approximate surface area is 118 Å². The molecule has 1 amide bonds. The molecule has 5 heteroatoms. The van der Waals surface area contributed by atoms with Gasteiger partial charge in [0, 0.05) is 50.4 Å². The Morgan fingerprint density at radius 1 is 1.40 bits per heavy atom. The zero-order valence-electron chi connectivity index (χ0n) is 11.4. The van der Waals surface area contributed by atoms with Gasteiger partial charge in [0.1, 0.15) is 0 Å². The lowest BCUT2D eigenvalue weighted by Gasteiger charge is -2.32. The van der Waals surface area contributed by atoms with Gasteiger partial charge in [-0.15, -0.1) is 0 Å². The van der Waals surface area contributed by atoms with Gasteiger partial charge in [-0.1, -0.05) is 0 Å². The van der Waals surface area contributed by atoms with Crippen molar-refractivity contribution in [1.82, 2.24) is 5.32 Å². The SMILES string of the molecule is O=C(NCC1(O)CCOCC1)c1ccc2c(c1)CCN2. The van der Waals surface area contributed by atoms with Crippen molar-refractivity contribution in [3.63, 3.8) is 0 Å². The molecule has 0 aromatic heterocycles. The molecule has 2 aliphatic rings. The van der Waals surface area contributed by atoms with Crippen LogP contribution in [-0.4, -0.2) is 42.9 Å². The van der Waals surface area contributed by atoms with E-state index in [1.165, 1.54) is 5.56 Å². The fourth-order valence-electron chi connectivity index (χ4n) is 2.72. The summed E-state index contributed by atoms with van der Waals surface area (Å²) in [5.74, 6) is -0.125. The van der Waals surface area contributed by atoms with Gasteiger partial charge in [0.15, 0.2) is 0 Å². The minimum absolute atomic E-state index is 0.125. The highest BCUT2D eigenvalue weighted by Crippen LogP contribution is 2.23. The van der Waals surface area contributed by atoms with Crippen molar-refractivity contribution in [2.24, 2.45) is 0 Å². The van der Waals surface area contributed by atoms with E-state index in [4.69, 9.17) is 4.74 Å². The van der Waals surface area contributed by atoms with Crippen molar-refractivity contribution in [3.05, 3.63) is 29.3 Å². The monoisotopic (exact) mass is 276 g/mol. The molecule has 1 aromatic carbocycles. The molecule has 1 aromatic rings. The van der Waals surface area contributed by atoms with Gasteiger partial charge < -0.3 is 20.5 Å². The first kappa shape index (κ1) is 13.4. The fraction of sp³-hybridized carbons (Fsp3) is 0.533. The Morgan fingerprint density at radius 3 is 3.00 bits per heavy atom. The highest BCUT2D eigenvalue weighted by molar-refractivity contribution is 5.95. The highest BCUT2D eigenvalue weighted by Gasteiger charge is 2.30. The maximum absolute atomic E-state index is 12.2. The van der Waals surface area contributed by atoms with Crippen LogP contribution < -0.4 is 10.6 Å². The number of carbonyl (C=O) groups is 1. The average molecular weight is 276 g/mol. The number of amides is 1. The van der Waals surface area contributed by atoms with Gasteiger partial charge in [0.2, 0.25) is 0 Å². The minimum Gasteiger partial charge on any atom is -0.388 e. The molecule has 0 spiro atoms. The molecule has 5 nitrogen and oxygen atoms in total. The predicted octanol–water partition coefficient (Wildman–Crippen LogP) is 0.926. The molecule has 3 N–H and O–H groups in total. The average Bonchev–Trinajstić information content (AvgIpc) is 2.93. The molecule has 0 saturated carbocycles. The van der Waals surface area contributed by atoms with E-state index in [9.17, 15) is 9.90 Å². The van der Waals surface area contributed by atoms with Gasteiger partial charge in [-0.25, -0.2) is 0 Å². The molecule has 1 fully saturated rings. The first-order chi connectivity index (χ1) is 9.66. The Morgan fingerprint density at radius 2 is 2.20 bits per heavy atom. The van der Waals surface area contributed by atoms with Crippen molar-refractivity contribution in [2.75, 3.05) is 31.6 Å². The zero-order chi connectivity index (χ0) is 14.0. The van der Waals surface area contributed by atoms with Crippen LogP contribution in [0.3, 0.4) is 0 Å². The normalized spacial score (nSPS) is 20.1. The van der Waals surface area contributed by atoms with Crippen LogP contribution in [0.15, 0.2) is 18.2 Å². The van der Waals surface area contributed by atoms with Crippen molar-refractivity contribution in [3.8, 4) is 0 Å². The van der Waals surface area contributed by atoms with Gasteiger partial charge >= 0.3 is 0 Å². The third-order valence-corrected chi connectivity index (χ3v) is 4.08. The maximum Gasteiger partial charge on any atom is 0.251 e.